The molecule has 0 spiro atoms. The molecule has 0 rings (SSSR count). The molecule has 0 saturated carbocycles. The van der Waals surface area contributed by atoms with E-state index in [1.54, 1.807) is 6.92 Å². The molecule has 7 heteroatoms. The summed E-state index contributed by atoms with van der Waals surface area (Å²) in [6.07, 6.45) is -0.646. The largest absolute Gasteiger partial charge is 0.481 e. The maximum Gasteiger partial charge on any atom is 0.326 e. The summed E-state index contributed by atoms with van der Waals surface area (Å²) < 4.78 is 0. The van der Waals surface area contributed by atoms with Crippen molar-refractivity contribution in [1.82, 2.24) is 10.6 Å². The van der Waals surface area contributed by atoms with Gasteiger partial charge in [-0.2, -0.15) is 0 Å². The Labute approximate surface area is 80.1 Å². The van der Waals surface area contributed by atoms with Crippen molar-refractivity contribution in [3.8, 4) is 0 Å². The quantitative estimate of drug-likeness (QED) is 0.469. The molecule has 0 heterocycles. The van der Waals surface area contributed by atoms with Gasteiger partial charge < -0.3 is 20.8 Å². The minimum absolute atomic E-state index is 0.339. The zero-order valence-electron chi connectivity index (χ0n) is 7.61. The lowest BCUT2D eigenvalue weighted by molar-refractivity contribution is -0.145. The Morgan fingerprint density at radius 2 is 1.86 bits per heavy atom. The third-order valence-corrected chi connectivity index (χ3v) is 1.32. The molecule has 1 atom stereocenters. The fourth-order valence-electron chi connectivity index (χ4n) is 0.745. The zero-order chi connectivity index (χ0) is 11.1. The van der Waals surface area contributed by atoms with Crippen molar-refractivity contribution in [2.45, 2.75) is 19.4 Å². The number of hydrogen-bond acceptors (Lipinski definition) is 3. The zero-order valence-corrected chi connectivity index (χ0v) is 7.61. The second-order valence-corrected chi connectivity index (χ2v) is 2.49. The van der Waals surface area contributed by atoms with Gasteiger partial charge in [0.15, 0.2) is 0 Å². The van der Waals surface area contributed by atoms with Crippen LogP contribution in [-0.2, 0) is 9.59 Å². The Morgan fingerprint density at radius 1 is 1.29 bits per heavy atom. The standard InChI is InChI=1S/C7H12N2O5/c1-2-8-7(14)9-4(6(12)13)3-5(10)11/h4H,2-3H2,1H3,(H,10,11)(H,12,13)(H2,8,9,14). The predicted molar refractivity (Wildman–Crippen MR) is 45.9 cm³/mol. The Balaban J connectivity index is 4.16. The first-order valence-electron chi connectivity index (χ1n) is 3.96. The van der Waals surface area contributed by atoms with Gasteiger partial charge in [-0.05, 0) is 6.92 Å². The van der Waals surface area contributed by atoms with E-state index in [1.807, 2.05) is 5.32 Å². The molecule has 14 heavy (non-hydrogen) atoms. The molecule has 0 aliphatic heterocycles. The van der Waals surface area contributed by atoms with Gasteiger partial charge in [0.05, 0.1) is 6.42 Å². The van der Waals surface area contributed by atoms with Crippen molar-refractivity contribution in [3.63, 3.8) is 0 Å². The fourth-order valence-corrected chi connectivity index (χ4v) is 0.745. The van der Waals surface area contributed by atoms with E-state index < -0.39 is 30.4 Å². The lowest BCUT2D eigenvalue weighted by Crippen LogP contribution is -2.46. The predicted octanol–water partition coefficient (Wildman–Crippen LogP) is -0.767. The number of rotatable bonds is 5. The van der Waals surface area contributed by atoms with E-state index in [1.165, 1.54) is 0 Å². The van der Waals surface area contributed by atoms with Crippen LogP contribution in [-0.4, -0.2) is 40.8 Å². The van der Waals surface area contributed by atoms with Crippen LogP contribution in [0.1, 0.15) is 13.3 Å². The topological polar surface area (TPSA) is 116 Å². The van der Waals surface area contributed by atoms with E-state index in [9.17, 15) is 14.4 Å². The van der Waals surface area contributed by atoms with Crippen LogP contribution < -0.4 is 10.6 Å². The van der Waals surface area contributed by atoms with Gasteiger partial charge in [0, 0.05) is 6.54 Å². The van der Waals surface area contributed by atoms with Gasteiger partial charge in [0.2, 0.25) is 0 Å². The van der Waals surface area contributed by atoms with Crippen molar-refractivity contribution in [2.24, 2.45) is 0 Å². The normalized spacial score (nSPS) is 11.5. The summed E-state index contributed by atoms with van der Waals surface area (Å²) in [5.41, 5.74) is 0. The second-order valence-electron chi connectivity index (χ2n) is 2.49. The van der Waals surface area contributed by atoms with Crippen LogP contribution in [0.4, 0.5) is 4.79 Å². The summed E-state index contributed by atoms with van der Waals surface area (Å²) in [6.45, 7) is 2.00. The van der Waals surface area contributed by atoms with E-state index in [0.29, 0.717) is 6.54 Å². The molecule has 0 aliphatic rings. The van der Waals surface area contributed by atoms with Gasteiger partial charge in [-0.25, -0.2) is 9.59 Å². The molecule has 4 N–H and O–H groups in total. The van der Waals surface area contributed by atoms with Gasteiger partial charge in [-0.3, -0.25) is 4.79 Å². The monoisotopic (exact) mass is 204 g/mol. The molecule has 0 saturated heterocycles. The summed E-state index contributed by atoms with van der Waals surface area (Å²) in [7, 11) is 0. The van der Waals surface area contributed by atoms with Crippen molar-refractivity contribution in [3.05, 3.63) is 0 Å². The highest BCUT2D eigenvalue weighted by molar-refractivity contribution is 5.86. The number of carboxylic acid groups (broad SMARTS) is 2. The second kappa shape index (κ2) is 5.79. The van der Waals surface area contributed by atoms with E-state index >= 15 is 0 Å². The molecule has 7 nitrogen and oxygen atoms in total. The fraction of sp³-hybridized carbons (Fsp3) is 0.571. The van der Waals surface area contributed by atoms with Gasteiger partial charge >= 0.3 is 18.0 Å². The molecule has 0 aromatic carbocycles. The van der Waals surface area contributed by atoms with Crippen molar-refractivity contribution < 1.29 is 24.6 Å². The molecular formula is C7H12N2O5. The van der Waals surface area contributed by atoms with Crippen LogP contribution in [0.15, 0.2) is 0 Å². The van der Waals surface area contributed by atoms with E-state index in [4.69, 9.17) is 10.2 Å². The molecular weight excluding hydrogens is 192 g/mol. The highest BCUT2D eigenvalue weighted by Gasteiger charge is 2.22. The summed E-state index contributed by atoms with van der Waals surface area (Å²) in [5, 5.41) is 21.2. The molecule has 80 valence electrons. The van der Waals surface area contributed by atoms with Crippen molar-refractivity contribution in [2.75, 3.05) is 6.54 Å². The average molecular weight is 204 g/mol. The Morgan fingerprint density at radius 3 is 2.21 bits per heavy atom. The Bertz CT molecular complexity index is 240. The van der Waals surface area contributed by atoms with E-state index in [-0.39, 0.29) is 0 Å². The number of amides is 2. The minimum atomic E-state index is -1.40. The van der Waals surface area contributed by atoms with E-state index in [0.717, 1.165) is 0 Å². The number of carbonyl (C=O) groups is 3. The van der Waals surface area contributed by atoms with E-state index in [2.05, 4.69) is 5.32 Å². The number of aliphatic carboxylic acids is 2. The molecule has 0 fully saturated rings. The third kappa shape index (κ3) is 4.96. The average Bonchev–Trinajstić information content (AvgIpc) is 2.02. The van der Waals surface area contributed by atoms with Crippen LogP contribution in [0.2, 0.25) is 0 Å². The SMILES string of the molecule is CCNC(=O)NC(CC(=O)O)C(=O)O. The smallest absolute Gasteiger partial charge is 0.326 e. The highest BCUT2D eigenvalue weighted by atomic mass is 16.4. The summed E-state index contributed by atoms with van der Waals surface area (Å²) in [4.78, 5) is 31.5. The van der Waals surface area contributed by atoms with Gasteiger partial charge in [-0.1, -0.05) is 0 Å². The first kappa shape index (κ1) is 12.2. The molecule has 0 aliphatic carbocycles. The van der Waals surface area contributed by atoms with Crippen LogP contribution in [0.3, 0.4) is 0 Å². The van der Waals surface area contributed by atoms with Gasteiger partial charge in [-0.15, -0.1) is 0 Å². The first-order valence-corrected chi connectivity index (χ1v) is 3.96. The number of hydrogen-bond donors (Lipinski definition) is 4. The molecule has 2 amide bonds. The van der Waals surface area contributed by atoms with Crippen LogP contribution in [0, 0.1) is 0 Å². The highest BCUT2D eigenvalue weighted by Crippen LogP contribution is 1.92. The molecule has 0 aromatic heterocycles. The molecule has 0 radical (unpaired) electrons. The van der Waals surface area contributed by atoms with Crippen LogP contribution >= 0.6 is 0 Å². The first-order chi connectivity index (χ1) is 6.47. The van der Waals surface area contributed by atoms with Crippen LogP contribution in [0.5, 0.6) is 0 Å². The summed E-state index contributed by atoms with van der Waals surface area (Å²) >= 11 is 0. The maximum atomic E-state index is 10.9. The molecule has 1 unspecified atom stereocenters. The maximum absolute atomic E-state index is 10.9. The number of carbonyl (C=O) groups excluding carboxylic acids is 1. The minimum Gasteiger partial charge on any atom is -0.481 e. The third-order valence-electron chi connectivity index (χ3n) is 1.32. The Kier molecular flexibility index (Phi) is 5.05. The van der Waals surface area contributed by atoms with Gasteiger partial charge in [0.1, 0.15) is 6.04 Å². The number of urea groups is 1. The summed E-state index contributed by atoms with van der Waals surface area (Å²) in [6, 6.07) is -2.10. The van der Waals surface area contributed by atoms with Gasteiger partial charge in [0.25, 0.3) is 0 Å². The molecule has 0 aromatic rings. The van der Waals surface area contributed by atoms with Crippen LogP contribution in [0.25, 0.3) is 0 Å². The van der Waals surface area contributed by atoms with Crippen molar-refractivity contribution in [1.29, 1.82) is 0 Å². The lowest BCUT2D eigenvalue weighted by Gasteiger charge is -2.12. The number of nitrogens with one attached hydrogen (secondary N) is 2. The Hall–Kier alpha value is -1.79. The molecule has 0 bridgehead atoms. The summed E-state index contributed by atoms with van der Waals surface area (Å²) in [5.74, 6) is -2.66. The number of carboxylic acids is 2. The van der Waals surface area contributed by atoms with Crippen molar-refractivity contribution >= 4 is 18.0 Å². The lowest BCUT2D eigenvalue weighted by atomic mass is 10.2.